The van der Waals surface area contributed by atoms with Crippen LogP contribution in [0.2, 0.25) is 0 Å². The van der Waals surface area contributed by atoms with Gasteiger partial charge in [-0.2, -0.15) is 0 Å². The molecule has 1 aliphatic heterocycles. The van der Waals surface area contributed by atoms with Crippen LogP contribution < -0.4 is 9.64 Å². The van der Waals surface area contributed by atoms with Crippen molar-refractivity contribution in [2.24, 2.45) is 0 Å². The van der Waals surface area contributed by atoms with Crippen LogP contribution in [0.1, 0.15) is 13.3 Å². The number of ether oxygens (including phenoxy) is 1. The standard InChI is InChI=1S/C11H14FNO/c1-2-13-6-3-7-14-11-5-4-9(12)8-10(11)13/h4-5,8H,2-3,6-7H2,1H3. The Hall–Kier alpha value is -1.25. The normalized spacial score (nSPS) is 15.7. The molecule has 0 aromatic heterocycles. The molecule has 0 spiro atoms. The Morgan fingerprint density at radius 2 is 2.36 bits per heavy atom. The van der Waals surface area contributed by atoms with Crippen molar-refractivity contribution in [3.8, 4) is 5.75 Å². The number of halogens is 1. The largest absolute Gasteiger partial charge is 0.491 e. The van der Waals surface area contributed by atoms with Crippen LogP contribution in [-0.4, -0.2) is 19.7 Å². The minimum atomic E-state index is -0.201. The van der Waals surface area contributed by atoms with Crippen LogP contribution in [0, 0.1) is 5.82 Å². The zero-order valence-electron chi connectivity index (χ0n) is 8.29. The van der Waals surface area contributed by atoms with Gasteiger partial charge in [0.2, 0.25) is 0 Å². The molecular formula is C11H14FNO. The first kappa shape index (κ1) is 9.31. The lowest BCUT2D eigenvalue weighted by atomic mass is 10.2. The van der Waals surface area contributed by atoms with Crippen molar-refractivity contribution in [3.05, 3.63) is 24.0 Å². The Bertz CT molecular complexity index is 327. The average molecular weight is 195 g/mol. The van der Waals surface area contributed by atoms with E-state index < -0.39 is 0 Å². The van der Waals surface area contributed by atoms with Gasteiger partial charge in [-0.1, -0.05) is 0 Å². The summed E-state index contributed by atoms with van der Waals surface area (Å²) < 4.78 is 18.6. The fourth-order valence-electron chi connectivity index (χ4n) is 1.75. The molecule has 0 unspecified atom stereocenters. The van der Waals surface area contributed by atoms with Crippen LogP contribution in [0.5, 0.6) is 5.75 Å². The molecule has 0 atom stereocenters. The third-order valence-corrected chi connectivity index (χ3v) is 2.47. The van der Waals surface area contributed by atoms with E-state index in [1.165, 1.54) is 6.07 Å². The molecule has 0 amide bonds. The van der Waals surface area contributed by atoms with E-state index in [2.05, 4.69) is 11.8 Å². The highest BCUT2D eigenvalue weighted by atomic mass is 19.1. The molecule has 2 nitrogen and oxygen atoms in total. The number of hydrogen-bond acceptors (Lipinski definition) is 2. The first-order chi connectivity index (χ1) is 6.81. The number of rotatable bonds is 1. The summed E-state index contributed by atoms with van der Waals surface area (Å²) in [6.45, 7) is 4.61. The summed E-state index contributed by atoms with van der Waals surface area (Å²) in [7, 11) is 0. The molecule has 0 radical (unpaired) electrons. The van der Waals surface area contributed by atoms with E-state index >= 15 is 0 Å². The van der Waals surface area contributed by atoms with Crippen LogP contribution in [0.15, 0.2) is 18.2 Å². The molecule has 0 saturated heterocycles. The summed E-state index contributed by atoms with van der Waals surface area (Å²) in [5, 5.41) is 0. The predicted molar refractivity (Wildman–Crippen MR) is 54.4 cm³/mol. The van der Waals surface area contributed by atoms with Crippen LogP contribution in [0.3, 0.4) is 0 Å². The van der Waals surface area contributed by atoms with Gasteiger partial charge >= 0.3 is 0 Å². The monoisotopic (exact) mass is 195 g/mol. The molecule has 0 bridgehead atoms. The van der Waals surface area contributed by atoms with Crippen LogP contribution in [0.4, 0.5) is 10.1 Å². The summed E-state index contributed by atoms with van der Waals surface area (Å²) in [5.74, 6) is 0.596. The molecule has 1 aliphatic rings. The quantitative estimate of drug-likeness (QED) is 0.682. The molecule has 76 valence electrons. The first-order valence-corrected chi connectivity index (χ1v) is 4.98. The highest BCUT2D eigenvalue weighted by molar-refractivity contribution is 5.59. The fraction of sp³-hybridized carbons (Fsp3) is 0.455. The second-order valence-corrected chi connectivity index (χ2v) is 3.39. The van der Waals surface area contributed by atoms with Gasteiger partial charge in [-0.25, -0.2) is 4.39 Å². The summed E-state index contributed by atoms with van der Waals surface area (Å²) in [6, 6.07) is 4.70. The Morgan fingerprint density at radius 3 is 3.14 bits per heavy atom. The van der Waals surface area contributed by atoms with Crippen molar-refractivity contribution in [1.82, 2.24) is 0 Å². The van der Waals surface area contributed by atoms with Gasteiger partial charge < -0.3 is 9.64 Å². The fourth-order valence-corrected chi connectivity index (χ4v) is 1.75. The zero-order chi connectivity index (χ0) is 9.97. The van der Waals surface area contributed by atoms with Crippen LogP contribution in [0.25, 0.3) is 0 Å². The van der Waals surface area contributed by atoms with Crippen molar-refractivity contribution in [1.29, 1.82) is 0 Å². The smallest absolute Gasteiger partial charge is 0.142 e. The van der Waals surface area contributed by atoms with Crippen LogP contribution >= 0.6 is 0 Å². The number of anilines is 1. The zero-order valence-corrected chi connectivity index (χ0v) is 8.29. The molecule has 0 fully saturated rings. The molecule has 3 heteroatoms. The van der Waals surface area contributed by atoms with Gasteiger partial charge in [0.25, 0.3) is 0 Å². The first-order valence-electron chi connectivity index (χ1n) is 4.98. The van der Waals surface area contributed by atoms with E-state index in [1.54, 1.807) is 12.1 Å². The summed E-state index contributed by atoms with van der Waals surface area (Å²) >= 11 is 0. The van der Waals surface area contributed by atoms with Gasteiger partial charge in [-0.3, -0.25) is 0 Å². The maximum Gasteiger partial charge on any atom is 0.142 e. The van der Waals surface area contributed by atoms with E-state index in [1.807, 2.05) is 0 Å². The van der Waals surface area contributed by atoms with E-state index in [4.69, 9.17) is 4.74 Å². The van der Waals surface area contributed by atoms with Crippen molar-refractivity contribution in [2.45, 2.75) is 13.3 Å². The molecule has 2 rings (SSSR count). The lowest BCUT2D eigenvalue weighted by Crippen LogP contribution is -2.23. The molecule has 1 aromatic carbocycles. The van der Waals surface area contributed by atoms with Gasteiger partial charge in [0, 0.05) is 19.2 Å². The summed E-state index contributed by atoms with van der Waals surface area (Å²) in [5.41, 5.74) is 0.880. The Kier molecular flexibility index (Phi) is 2.57. The van der Waals surface area contributed by atoms with E-state index in [0.29, 0.717) is 0 Å². The van der Waals surface area contributed by atoms with Gasteiger partial charge in [-0.05, 0) is 25.5 Å². The van der Waals surface area contributed by atoms with Crippen LogP contribution in [-0.2, 0) is 0 Å². The van der Waals surface area contributed by atoms with Crippen molar-refractivity contribution in [3.63, 3.8) is 0 Å². The van der Waals surface area contributed by atoms with Gasteiger partial charge in [0.05, 0.1) is 12.3 Å². The van der Waals surface area contributed by atoms with Gasteiger partial charge in [0.15, 0.2) is 0 Å². The maximum atomic E-state index is 13.1. The van der Waals surface area contributed by atoms with E-state index in [9.17, 15) is 4.39 Å². The average Bonchev–Trinajstić information content (AvgIpc) is 2.39. The summed E-state index contributed by atoms with van der Waals surface area (Å²) in [6.07, 6.45) is 0.990. The SMILES string of the molecule is CCN1CCCOc2ccc(F)cc21. The molecule has 1 heterocycles. The van der Waals surface area contributed by atoms with Crippen molar-refractivity contribution in [2.75, 3.05) is 24.6 Å². The molecule has 1 aromatic rings. The minimum absolute atomic E-state index is 0.201. The number of benzene rings is 1. The van der Waals surface area contributed by atoms with Crippen molar-refractivity contribution < 1.29 is 9.13 Å². The maximum absolute atomic E-state index is 13.1. The third kappa shape index (κ3) is 1.67. The minimum Gasteiger partial charge on any atom is -0.491 e. The Morgan fingerprint density at radius 1 is 1.50 bits per heavy atom. The topological polar surface area (TPSA) is 12.5 Å². The number of hydrogen-bond donors (Lipinski definition) is 0. The van der Waals surface area contributed by atoms with E-state index in [0.717, 1.165) is 37.6 Å². The lowest BCUT2D eigenvalue weighted by Gasteiger charge is -2.21. The third-order valence-electron chi connectivity index (χ3n) is 2.47. The molecule has 0 aliphatic carbocycles. The van der Waals surface area contributed by atoms with E-state index in [-0.39, 0.29) is 5.82 Å². The van der Waals surface area contributed by atoms with Gasteiger partial charge in [0.1, 0.15) is 11.6 Å². The summed E-state index contributed by atoms with van der Waals surface area (Å²) in [4.78, 5) is 2.14. The molecule has 0 N–H and O–H groups in total. The highest BCUT2D eigenvalue weighted by Crippen LogP contribution is 2.31. The molecule has 0 saturated carbocycles. The highest BCUT2D eigenvalue weighted by Gasteiger charge is 2.15. The lowest BCUT2D eigenvalue weighted by molar-refractivity contribution is 0.322. The number of fused-ring (bicyclic) bond motifs is 1. The Balaban J connectivity index is 2.40. The number of nitrogens with zero attached hydrogens (tertiary/aromatic N) is 1. The van der Waals surface area contributed by atoms with Crippen molar-refractivity contribution >= 4 is 5.69 Å². The second kappa shape index (κ2) is 3.86. The predicted octanol–water partition coefficient (Wildman–Crippen LogP) is 2.43. The second-order valence-electron chi connectivity index (χ2n) is 3.39. The van der Waals surface area contributed by atoms with Gasteiger partial charge in [-0.15, -0.1) is 0 Å². The molecule has 14 heavy (non-hydrogen) atoms. The molecular weight excluding hydrogens is 181 g/mol. The Labute approximate surface area is 83.3 Å².